The summed E-state index contributed by atoms with van der Waals surface area (Å²) in [7, 11) is 0. The SMILES string of the molecule is CC(CCNCc1ccc(C(C)(C)C)cc1)c1ccco1. The Morgan fingerprint density at radius 2 is 1.81 bits per heavy atom. The highest BCUT2D eigenvalue weighted by Gasteiger charge is 2.12. The zero-order valence-electron chi connectivity index (χ0n) is 13.6. The van der Waals surface area contributed by atoms with E-state index in [4.69, 9.17) is 4.42 Å². The van der Waals surface area contributed by atoms with Crippen LogP contribution in [0.4, 0.5) is 0 Å². The monoisotopic (exact) mass is 285 g/mol. The number of furan rings is 1. The Morgan fingerprint density at radius 3 is 2.38 bits per heavy atom. The Hall–Kier alpha value is -1.54. The van der Waals surface area contributed by atoms with Gasteiger partial charge in [0.05, 0.1) is 6.26 Å². The first-order valence-corrected chi connectivity index (χ1v) is 7.80. The molecule has 0 aliphatic heterocycles. The van der Waals surface area contributed by atoms with Crippen LogP contribution in [0.15, 0.2) is 47.1 Å². The highest BCUT2D eigenvalue weighted by Crippen LogP contribution is 2.22. The predicted octanol–water partition coefficient (Wildman–Crippen LogP) is 4.86. The minimum absolute atomic E-state index is 0.227. The normalized spacial score (nSPS) is 13.3. The fourth-order valence-electron chi connectivity index (χ4n) is 2.39. The lowest BCUT2D eigenvalue weighted by atomic mass is 9.87. The summed E-state index contributed by atoms with van der Waals surface area (Å²) in [6, 6.07) is 12.9. The van der Waals surface area contributed by atoms with E-state index in [0.29, 0.717) is 5.92 Å². The van der Waals surface area contributed by atoms with E-state index in [1.165, 1.54) is 11.1 Å². The summed E-state index contributed by atoms with van der Waals surface area (Å²) in [5.41, 5.74) is 2.95. The van der Waals surface area contributed by atoms with Crippen LogP contribution >= 0.6 is 0 Å². The average molecular weight is 285 g/mol. The molecule has 1 unspecified atom stereocenters. The minimum atomic E-state index is 0.227. The summed E-state index contributed by atoms with van der Waals surface area (Å²) in [6.07, 6.45) is 2.84. The van der Waals surface area contributed by atoms with Gasteiger partial charge in [-0.3, -0.25) is 0 Å². The maximum absolute atomic E-state index is 5.43. The molecular formula is C19H27NO. The Morgan fingerprint density at radius 1 is 1.10 bits per heavy atom. The van der Waals surface area contributed by atoms with E-state index >= 15 is 0 Å². The summed E-state index contributed by atoms with van der Waals surface area (Å²) in [5, 5.41) is 3.51. The van der Waals surface area contributed by atoms with Gasteiger partial charge in [-0.1, -0.05) is 52.0 Å². The Bertz CT molecular complexity index is 520. The van der Waals surface area contributed by atoms with Gasteiger partial charge in [0.25, 0.3) is 0 Å². The third kappa shape index (κ3) is 4.75. The summed E-state index contributed by atoms with van der Waals surface area (Å²) in [5.74, 6) is 1.54. The molecule has 1 N–H and O–H groups in total. The van der Waals surface area contributed by atoms with Gasteiger partial charge in [-0.25, -0.2) is 0 Å². The number of hydrogen-bond acceptors (Lipinski definition) is 2. The van der Waals surface area contributed by atoms with Crippen LogP contribution in [0.2, 0.25) is 0 Å². The lowest BCUT2D eigenvalue weighted by Gasteiger charge is -2.19. The van der Waals surface area contributed by atoms with Crippen molar-refractivity contribution < 1.29 is 4.42 Å². The summed E-state index contributed by atoms with van der Waals surface area (Å²) < 4.78 is 5.43. The minimum Gasteiger partial charge on any atom is -0.469 e. The molecule has 0 aliphatic rings. The van der Waals surface area contributed by atoms with Crippen molar-refractivity contribution in [3.8, 4) is 0 Å². The second kappa shape index (κ2) is 6.95. The fourth-order valence-corrected chi connectivity index (χ4v) is 2.39. The van der Waals surface area contributed by atoms with Crippen LogP contribution in [0.3, 0.4) is 0 Å². The van der Waals surface area contributed by atoms with E-state index in [9.17, 15) is 0 Å². The first kappa shape index (κ1) is 15.8. The van der Waals surface area contributed by atoms with E-state index in [0.717, 1.165) is 25.3 Å². The number of rotatable bonds is 6. The zero-order valence-corrected chi connectivity index (χ0v) is 13.6. The lowest BCUT2D eigenvalue weighted by molar-refractivity contribution is 0.454. The molecule has 0 amide bonds. The van der Waals surface area contributed by atoms with Crippen LogP contribution in [-0.2, 0) is 12.0 Å². The molecule has 0 bridgehead atoms. The molecule has 1 heterocycles. The molecule has 1 aromatic heterocycles. The van der Waals surface area contributed by atoms with Crippen LogP contribution in [-0.4, -0.2) is 6.54 Å². The average Bonchev–Trinajstić information content (AvgIpc) is 2.97. The Balaban J connectivity index is 1.74. The molecule has 2 rings (SSSR count). The predicted molar refractivity (Wildman–Crippen MR) is 88.6 cm³/mol. The number of nitrogens with one attached hydrogen (secondary N) is 1. The van der Waals surface area contributed by atoms with Crippen molar-refractivity contribution in [2.45, 2.75) is 52.0 Å². The van der Waals surface area contributed by atoms with E-state index in [1.807, 2.05) is 6.07 Å². The van der Waals surface area contributed by atoms with Crippen LogP contribution in [0, 0.1) is 0 Å². The highest BCUT2D eigenvalue weighted by atomic mass is 16.3. The van der Waals surface area contributed by atoms with Crippen molar-refractivity contribution in [3.63, 3.8) is 0 Å². The molecule has 114 valence electrons. The van der Waals surface area contributed by atoms with Crippen LogP contribution in [0.1, 0.15) is 56.9 Å². The summed E-state index contributed by atoms with van der Waals surface area (Å²) in [4.78, 5) is 0. The topological polar surface area (TPSA) is 25.2 Å². The molecule has 0 saturated heterocycles. The molecule has 1 aromatic carbocycles. The molecule has 0 fully saturated rings. The molecular weight excluding hydrogens is 258 g/mol. The van der Waals surface area contributed by atoms with E-state index in [1.54, 1.807) is 6.26 Å². The van der Waals surface area contributed by atoms with Crippen molar-refractivity contribution in [3.05, 3.63) is 59.5 Å². The van der Waals surface area contributed by atoms with Gasteiger partial charge in [0.15, 0.2) is 0 Å². The van der Waals surface area contributed by atoms with Crippen LogP contribution in [0.5, 0.6) is 0 Å². The fraction of sp³-hybridized carbons (Fsp3) is 0.474. The van der Waals surface area contributed by atoms with E-state index in [2.05, 4.69) is 63.3 Å². The third-order valence-electron chi connectivity index (χ3n) is 3.93. The summed E-state index contributed by atoms with van der Waals surface area (Å²) in [6.45, 7) is 10.9. The van der Waals surface area contributed by atoms with Crippen molar-refractivity contribution in [2.75, 3.05) is 6.54 Å². The van der Waals surface area contributed by atoms with Crippen molar-refractivity contribution in [2.24, 2.45) is 0 Å². The smallest absolute Gasteiger partial charge is 0.106 e. The van der Waals surface area contributed by atoms with Gasteiger partial charge in [0.2, 0.25) is 0 Å². The van der Waals surface area contributed by atoms with E-state index < -0.39 is 0 Å². The largest absolute Gasteiger partial charge is 0.469 e. The Kier molecular flexibility index (Phi) is 5.24. The molecule has 2 heteroatoms. The van der Waals surface area contributed by atoms with Crippen molar-refractivity contribution >= 4 is 0 Å². The van der Waals surface area contributed by atoms with Crippen molar-refractivity contribution in [1.82, 2.24) is 5.32 Å². The summed E-state index contributed by atoms with van der Waals surface area (Å²) >= 11 is 0. The van der Waals surface area contributed by atoms with Gasteiger partial charge >= 0.3 is 0 Å². The van der Waals surface area contributed by atoms with Gasteiger partial charge in [-0.05, 0) is 41.6 Å². The molecule has 1 atom stereocenters. The van der Waals surface area contributed by atoms with Crippen LogP contribution in [0.25, 0.3) is 0 Å². The molecule has 2 nitrogen and oxygen atoms in total. The maximum atomic E-state index is 5.43. The molecule has 0 aliphatic carbocycles. The zero-order chi connectivity index (χ0) is 15.3. The molecule has 0 saturated carbocycles. The van der Waals surface area contributed by atoms with E-state index in [-0.39, 0.29) is 5.41 Å². The van der Waals surface area contributed by atoms with Gasteiger partial charge in [0, 0.05) is 12.5 Å². The first-order chi connectivity index (χ1) is 9.97. The second-order valence-electron chi connectivity index (χ2n) is 6.83. The molecule has 0 spiro atoms. The first-order valence-electron chi connectivity index (χ1n) is 7.80. The molecule has 0 radical (unpaired) electrons. The van der Waals surface area contributed by atoms with Gasteiger partial charge < -0.3 is 9.73 Å². The second-order valence-corrected chi connectivity index (χ2v) is 6.83. The molecule has 2 aromatic rings. The highest BCUT2D eigenvalue weighted by molar-refractivity contribution is 5.27. The van der Waals surface area contributed by atoms with Gasteiger partial charge in [-0.15, -0.1) is 0 Å². The van der Waals surface area contributed by atoms with Gasteiger partial charge in [-0.2, -0.15) is 0 Å². The maximum Gasteiger partial charge on any atom is 0.106 e. The third-order valence-corrected chi connectivity index (χ3v) is 3.93. The van der Waals surface area contributed by atoms with Crippen molar-refractivity contribution in [1.29, 1.82) is 0 Å². The number of benzene rings is 1. The standard InChI is InChI=1S/C19H27NO/c1-15(18-6-5-13-21-18)11-12-20-14-16-7-9-17(10-8-16)19(2,3)4/h5-10,13,15,20H,11-12,14H2,1-4H3. The van der Waals surface area contributed by atoms with Crippen LogP contribution < -0.4 is 5.32 Å². The lowest BCUT2D eigenvalue weighted by Crippen LogP contribution is -2.17. The number of hydrogen-bond donors (Lipinski definition) is 1. The molecule has 21 heavy (non-hydrogen) atoms. The Labute approximate surface area is 128 Å². The quantitative estimate of drug-likeness (QED) is 0.767. The van der Waals surface area contributed by atoms with Gasteiger partial charge in [0.1, 0.15) is 5.76 Å².